The molecule has 2 atom stereocenters. The van der Waals surface area contributed by atoms with Crippen molar-refractivity contribution >= 4 is 11.7 Å². The van der Waals surface area contributed by atoms with Gasteiger partial charge in [0.1, 0.15) is 5.82 Å². The van der Waals surface area contributed by atoms with E-state index in [1.54, 1.807) is 6.20 Å². The van der Waals surface area contributed by atoms with E-state index in [1.165, 1.54) is 18.7 Å². The molecular weight excluding hydrogens is 305 g/mol. The van der Waals surface area contributed by atoms with Crippen LogP contribution in [0.5, 0.6) is 0 Å². The molecule has 0 unspecified atom stereocenters. The maximum atomic E-state index is 13.4. The van der Waals surface area contributed by atoms with Gasteiger partial charge in [0.25, 0.3) is 0 Å². The van der Waals surface area contributed by atoms with Crippen molar-refractivity contribution in [2.45, 2.75) is 32.2 Å². The first-order valence-electron chi connectivity index (χ1n) is 8.39. The molecule has 2 heterocycles. The van der Waals surface area contributed by atoms with Crippen LogP contribution in [0.25, 0.3) is 11.1 Å². The van der Waals surface area contributed by atoms with Gasteiger partial charge in [0, 0.05) is 30.0 Å². The lowest BCUT2D eigenvalue weighted by Gasteiger charge is -2.27. The van der Waals surface area contributed by atoms with Crippen LogP contribution in [0.2, 0.25) is 0 Å². The molecule has 1 aromatic heterocycles. The number of aryl methyl sites for hydroxylation is 1. The van der Waals surface area contributed by atoms with Gasteiger partial charge in [-0.1, -0.05) is 6.07 Å². The van der Waals surface area contributed by atoms with Crippen LogP contribution in [-0.2, 0) is 0 Å². The fourth-order valence-corrected chi connectivity index (χ4v) is 3.94. The van der Waals surface area contributed by atoms with Crippen molar-refractivity contribution in [1.29, 1.82) is 0 Å². The summed E-state index contributed by atoms with van der Waals surface area (Å²) in [5.74, 6) is 0.308. The fourth-order valence-electron chi connectivity index (χ4n) is 3.94. The van der Waals surface area contributed by atoms with Gasteiger partial charge in [-0.3, -0.25) is 4.98 Å². The van der Waals surface area contributed by atoms with E-state index in [-0.39, 0.29) is 11.8 Å². The van der Waals surface area contributed by atoms with Crippen molar-refractivity contribution in [2.75, 3.05) is 11.9 Å². The van der Waals surface area contributed by atoms with E-state index in [0.29, 0.717) is 17.5 Å². The quantitative estimate of drug-likeness (QED) is 0.899. The molecule has 1 aliphatic carbocycles. The Morgan fingerprint density at radius 2 is 2.17 bits per heavy atom. The summed E-state index contributed by atoms with van der Waals surface area (Å²) >= 11 is 0. The van der Waals surface area contributed by atoms with Gasteiger partial charge in [-0.15, -0.1) is 0 Å². The molecule has 1 aromatic carbocycles. The standard InChI is InChI=1S/C19H20FN3O/c1-12-2-4-16(8-18(12)14-7-15(20)10-21-9-14)22-19(24)23-11-13-3-5-17(23)6-13/h2,4,7-10,13,17H,3,5-6,11H2,1H3,(H,22,24)/t13-,17+/m1/s1. The van der Waals surface area contributed by atoms with Crippen molar-refractivity contribution < 1.29 is 9.18 Å². The smallest absolute Gasteiger partial charge is 0.321 e. The van der Waals surface area contributed by atoms with E-state index in [2.05, 4.69) is 10.3 Å². The summed E-state index contributed by atoms with van der Waals surface area (Å²) in [6.45, 7) is 2.83. The molecule has 5 heteroatoms. The number of rotatable bonds is 2. The maximum Gasteiger partial charge on any atom is 0.322 e. The molecule has 2 bridgehead atoms. The van der Waals surface area contributed by atoms with E-state index < -0.39 is 0 Å². The first-order chi connectivity index (χ1) is 11.6. The van der Waals surface area contributed by atoms with Gasteiger partial charge in [0.2, 0.25) is 0 Å². The zero-order chi connectivity index (χ0) is 16.7. The molecule has 1 saturated carbocycles. The number of nitrogens with zero attached hydrogens (tertiary/aromatic N) is 2. The molecule has 1 aliphatic heterocycles. The number of fused-ring (bicyclic) bond motifs is 2. The Morgan fingerprint density at radius 1 is 1.29 bits per heavy atom. The number of urea groups is 1. The van der Waals surface area contributed by atoms with Crippen LogP contribution in [0.1, 0.15) is 24.8 Å². The third-order valence-electron chi connectivity index (χ3n) is 5.17. The summed E-state index contributed by atoms with van der Waals surface area (Å²) < 4.78 is 13.4. The van der Waals surface area contributed by atoms with E-state index in [4.69, 9.17) is 0 Å². The Morgan fingerprint density at radius 3 is 2.88 bits per heavy atom. The Hall–Kier alpha value is -2.43. The number of amides is 2. The van der Waals surface area contributed by atoms with Crippen molar-refractivity contribution in [2.24, 2.45) is 5.92 Å². The second kappa shape index (κ2) is 5.89. The number of carbonyl (C=O) groups is 1. The molecule has 2 aliphatic rings. The number of hydrogen-bond donors (Lipinski definition) is 1. The Balaban J connectivity index is 1.56. The lowest BCUT2D eigenvalue weighted by atomic mass is 10.0. The van der Waals surface area contributed by atoms with Crippen molar-refractivity contribution in [3.05, 3.63) is 48.0 Å². The Labute approximate surface area is 140 Å². The van der Waals surface area contributed by atoms with Gasteiger partial charge in [-0.2, -0.15) is 0 Å². The molecule has 1 saturated heterocycles. The van der Waals surface area contributed by atoms with Gasteiger partial charge < -0.3 is 10.2 Å². The summed E-state index contributed by atoms with van der Waals surface area (Å²) in [5.41, 5.74) is 3.33. The minimum Gasteiger partial charge on any atom is -0.321 e. The molecule has 1 N–H and O–H groups in total. The van der Waals surface area contributed by atoms with Gasteiger partial charge >= 0.3 is 6.03 Å². The predicted molar refractivity (Wildman–Crippen MR) is 91.2 cm³/mol. The van der Waals surface area contributed by atoms with Crippen LogP contribution in [-0.4, -0.2) is 28.5 Å². The SMILES string of the molecule is Cc1ccc(NC(=O)N2C[C@@H]3CC[C@H]2C3)cc1-c1cncc(F)c1. The highest BCUT2D eigenvalue weighted by atomic mass is 19.1. The number of nitrogens with one attached hydrogen (secondary N) is 1. The number of aromatic nitrogens is 1. The summed E-state index contributed by atoms with van der Waals surface area (Å²) in [6.07, 6.45) is 6.33. The van der Waals surface area contributed by atoms with E-state index >= 15 is 0 Å². The number of pyridine rings is 1. The Bertz CT molecular complexity index is 792. The number of piperidine rings is 1. The highest BCUT2D eigenvalue weighted by Crippen LogP contribution is 2.37. The highest BCUT2D eigenvalue weighted by Gasteiger charge is 2.40. The second-order valence-electron chi connectivity index (χ2n) is 6.84. The van der Waals surface area contributed by atoms with E-state index in [0.717, 1.165) is 36.2 Å². The summed E-state index contributed by atoms with van der Waals surface area (Å²) in [7, 11) is 0. The van der Waals surface area contributed by atoms with Crippen LogP contribution in [0.15, 0.2) is 36.7 Å². The third kappa shape index (κ3) is 2.75. The van der Waals surface area contributed by atoms with Crippen molar-refractivity contribution in [3.63, 3.8) is 0 Å². The number of likely N-dealkylation sites (tertiary alicyclic amines) is 1. The van der Waals surface area contributed by atoms with Crippen LogP contribution >= 0.6 is 0 Å². The van der Waals surface area contributed by atoms with Crippen LogP contribution in [0, 0.1) is 18.7 Å². The number of anilines is 1. The second-order valence-corrected chi connectivity index (χ2v) is 6.84. The average molecular weight is 325 g/mol. The van der Waals surface area contributed by atoms with Gasteiger partial charge in [0.15, 0.2) is 0 Å². The summed E-state index contributed by atoms with van der Waals surface area (Å²) in [4.78, 5) is 18.4. The first kappa shape index (κ1) is 15.1. The fraction of sp³-hybridized carbons (Fsp3) is 0.368. The Kier molecular flexibility index (Phi) is 3.71. The zero-order valence-corrected chi connectivity index (χ0v) is 13.6. The number of carbonyl (C=O) groups excluding carboxylic acids is 1. The van der Waals surface area contributed by atoms with Gasteiger partial charge in [0.05, 0.1) is 6.20 Å². The number of halogens is 1. The molecule has 24 heavy (non-hydrogen) atoms. The van der Waals surface area contributed by atoms with Crippen LogP contribution < -0.4 is 5.32 Å². The number of hydrogen-bond acceptors (Lipinski definition) is 2. The average Bonchev–Trinajstić information content (AvgIpc) is 3.20. The van der Waals surface area contributed by atoms with Gasteiger partial charge in [-0.25, -0.2) is 9.18 Å². The van der Waals surface area contributed by atoms with Crippen LogP contribution in [0.3, 0.4) is 0 Å². The third-order valence-corrected chi connectivity index (χ3v) is 5.17. The summed E-state index contributed by atoms with van der Waals surface area (Å²) in [6, 6.07) is 7.53. The lowest BCUT2D eigenvalue weighted by molar-refractivity contribution is 0.194. The lowest BCUT2D eigenvalue weighted by Crippen LogP contribution is -2.40. The van der Waals surface area contributed by atoms with Crippen molar-refractivity contribution in [3.8, 4) is 11.1 Å². The molecule has 2 aromatic rings. The zero-order valence-electron chi connectivity index (χ0n) is 13.6. The first-order valence-corrected chi connectivity index (χ1v) is 8.39. The van der Waals surface area contributed by atoms with Gasteiger partial charge in [-0.05, 0) is 61.4 Å². The minimum atomic E-state index is -0.366. The normalized spacial score (nSPS) is 22.0. The van der Waals surface area contributed by atoms with E-state index in [9.17, 15) is 9.18 Å². The molecule has 4 rings (SSSR count). The van der Waals surface area contributed by atoms with E-state index in [1.807, 2.05) is 30.0 Å². The predicted octanol–water partition coefficient (Wildman–Crippen LogP) is 4.21. The largest absolute Gasteiger partial charge is 0.322 e. The topological polar surface area (TPSA) is 45.2 Å². The molecule has 2 amide bonds. The minimum absolute atomic E-state index is 0.0330. The molecular formula is C19H20FN3O. The molecule has 0 radical (unpaired) electrons. The molecule has 4 nitrogen and oxygen atoms in total. The monoisotopic (exact) mass is 325 g/mol. The summed E-state index contributed by atoms with van der Waals surface area (Å²) in [5, 5.41) is 2.99. The van der Waals surface area contributed by atoms with Crippen molar-refractivity contribution in [1.82, 2.24) is 9.88 Å². The molecule has 124 valence electrons. The van der Waals surface area contributed by atoms with Crippen LogP contribution in [0.4, 0.5) is 14.9 Å². The highest BCUT2D eigenvalue weighted by molar-refractivity contribution is 5.91. The maximum absolute atomic E-state index is 13.4. The molecule has 0 spiro atoms. The molecule has 2 fully saturated rings. The number of benzene rings is 1.